The molecule has 0 unspecified atom stereocenters. The van der Waals surface area contributed by atoms with E-state index in [0.29, 0.717) is 26.7 Å². The molecule has 0 saturated carbocycles. The molecule has 4 aromatic rings. The Balaban J connectivity index is 1.40. The fourth-order valence-corrected chi connectivity index (χ4v) is 8.01. The van der Waals surface area contributed by atoms with Crippen LogP contribution in [-0.4, -0.2) is 38.8 Å². The lowest BCUT2D eigenvalue weighted by molar-refractivity contribution is -0.116. The van der Waals surface area contributed by atoms with Gasteiger partial charge in [0, 0.05) is 23.7 Å². The smallest absolute Gasteiger partial charge is 0.286 e. The molecule has 37 heavy (non-hydrogen) atoms. The van der Waals surface area contributed by atoms with E-state index in [9.17, 15) is 26.4 Å². The third-order valence-electron chi connectivity index (χ3n) is 5.68. The number of thiophene rings is 1. The van der Waals surface area contributed by atoms with Crippen molar-refractivity contribution in [3.8, 4) is 5.69 Å². The lowest BCUT2D eigenvalue weighted by Gasteiger charge is -2.17. The highest BCUT2D eigenvalue weighted by Crippen LogP contribution is 2.31. The third-order valence-corrected chi connectivity index (χ3v) is 10.6. The van der Waals surface area contributed by atoms with E-state index >= 15 is 0 Å². The van der Waals surface area contributed by atoms with Gasteiger partial charge in [-0.15, -0.1) is 15.7 Å². The predicted molar refractivity (Wildman–Crippen MR) is 144 cm³/mol. The lowest BCUT2D eigenvalue weighted by Crippen LogP contribution is -2.21. The SMILES string of the molecule is CC1=NS(=O)(=O)c2cc3c(=O)n(-c4ccc(CC(=O)CS(=O)(=O)c5ccc(Cl)s5)cc4)ccc3cc2N1. The number of sulfonamides is 1. The van der Waals surface area contributed by atoms with Crippen molar-refractivity contribution in [3.05, 3.63) is 81.0 Å². The molecule has 9 nitrogen and oxygen atoms in total. The number of amidine groups is 1. The minimum absolute atomic E-state index is 0.0451. The fourth-order valence-electron chi connectivity index (χ4n) is 4.03. The summed E-state index contributed by atoms with van der Waals surface area (Å²) >= 11 is 6.70. The number of sulfone groups is 1. The number of carbonyl (C=O) groups excluding carboxylic acids is 1. The summed E-state index contributed by atoms with van der Waals surface area (Å²) < 4.78 is 55.2. The number of pyridine rings is 1. The second-order valence-corrected chi connectivity index (χ2v) is 13.9. The van der Waals surface area contributed by atoms with E-state index in [1.807, 2.05) is 0 Å². The summed E-state index contributed by atoms with van der Waals surface area (Å²) in [6.07, 6.45) is 1.48. The van der Waals surface area contributed by atoms with Crippen LogP contribution in [0.4, 0.5) is 5.69 Å². The molecule has 1 aliphatic rings. The van der Waals surface area contributed by atoms with Gasteiger partial charge in [-0.05, 0) is 60.3 Å². The second kappa shape index (κ2) is 9.21. The molecule has 0 saturated heterocycles. The van der Waals surface area contributed by atoms with Gasteiger partial charge < -0.3 is 5.32 Å². The molecular formula is C24H18ClN3O6S3. The van der Waals surface area contributed by atoms with E-state index in [1.54, 1.807) is 49.5 Å². The largest absolute Gasteiger partial charge is 0.342 e. The molecule has 2 aromatic heterocycles. The number of hydrogen-bond donors (Lipinski definition) is 1. The minimum Gasteiger partial charge on any atom is -0.342 e. The van der Waals surface area contributed by atoms with Crippen LogP contribution in [0.2, 0.25) is 4.34 Å². The summed E-state index contributed by atoms with van der Waals surface area (Å²) in [6, 6.07) is 14.0. The molecule has 2 aromatic carbocycles. The Kier molecular flexibility index (Phi) is 6.31. The zero-order valence-corrected chi connectivity index (χ0v) is 22.3. The minimum atomic E-state index is -3.93. The lowest BCUT2D eigenvalue weighted by atomic mass is 10.1. The molecule has 1 aliphatic heterocycles. The van der Waals surface area contributed by atoms with Gasteiger partial charge in [-0.2, -0.15) is 8.42 Å². The number of anilines is 1. The molecule has 0 amide bonds. The van der Waals surface area contributed by atoms with Gasteiger partial charge in [-0.3, -0.25) is 14.2 Å². The number of rotatable bonds is 6. The summed E-state index contributed by atoms with van der Waals surface area (Å²) in [5.41, 5.74) is 1.01. The molecule has 0 aliphatic carbocycles. The maximum Gasteiger partial charge on any atom is 0.286 e. The monoisotopic (exact) mass is 575 g/mol. The van der Waals surface area contributed by atoms with Crippen LogP contribution < -0.4 is 10.9 Å². The van der Waals surface area contributed by atoms with Crippen molar-refractivity contribution in [3.63, 3.8) is 0 Å². The Bertz CT molecular complexity index is 1890. The number of Topliss-reactive ketones (excluding diaryl/α,β-unsaturated/α-hetero) is 1. The first-order valence-corrected chi connectivity index (χ1v) is 15.1. The predicted octanol–water partition coefficient (Wildman–Crippen LogP) is 3.82. The highest BCUT2D eigenvalue weighted by atomic mass is 35.5. The van der Waals surface area contributed by atoms with Crippen molar-refractivity contribution in [2.45, 2.75) is 22.4 Å². The maximum absolute atomic E-state index is 13.2. The van der Waals surface area contributed by atoms with Crippen LogP contribution in [0.1, 0.15) is 12.5 Å². The Morgan fingerprint density at radius 3 is 2.51 bits per heavy atom. The first-order valence-electron chi connectivity index (χ1n) is 10.8. The number of carbonyl (C=O) groups is 1. The molecule has 0 bridgehead atoms. The van der Waals surface area contributed by atoms with Gasteiger partial charge in [-0.25, -0.2) is 8.42 Å². The average molecular weight is 576 g/mol. The van der Waals surface area contributed by atoms with Crippen LogP contribution in [0.25, 0.3) is 16.5 Å². The van der Waals surface area contributed by atoms with Gasteiger partial charge in [0.05, 0.1) is 10.0 Å². The quantitative estimate of drug-likeness (QED) is 0.369. The van der Waals surface area contributed by atoms with Crippen LogP contribution in [0.3, 0.4) is 0 Å². The number of ketones is 1. The summed E-state index contributed by atoms with van der Waals surface area (Å²) in [7, 11) is -7.70. The summed E-state index contributed by atoms with van der Waals surface area (Å²) in [4.78, 5) is 25.6. The molecule has 1 N–H and O–H groups in total. The van der Waals surface area contributed by atoms with Gasteiger partial charge >= 0.3 is 0 Å². The van der Waals surface area contributed by atoms with Crippen LogP contribution in [0.5, 0.6) is 0 Å². The van der Waals surface area contributed by atoms with Crippen LogP contribution in [0.15, 0.2) is 79.1 Å². The molecule has 3 heterocycles. The number of fused-ring (bicyclic) bond motifs is 2. The number of benzene rings is 2. The number of aromatic nitrogens is 1. The molecule has 0 radical (unpaired) electrons. The van der Waals surface area contributed by atoms with Crippen molar-refractivity contribution < 1.29 is 21.6 Å². The van der Waals surface area contributed by atoms with Gasteiger partial charge in [0.15, 0.2) is 15.6 Å². The van der Waals surface area contributed by atoms with Crippen molar-refractivity contribution in [2.75, 3.05) is 11.1 Å². The molecule has 13 heteroatoms. The van der Waals surface area contributed by atoms with Crippen molar-refractivity contribution >= 4 is 70.9 Å². The normalized spacial score (nSPS) is 14.6. The number of nitrogens with one attached hydrogen (secondary N) is 1. The Morgan fingerprint density at radius 2 is 1.84 bits per heavy atom. The van der Waals surface area contributed by atoms with Crippen LogP contribution in [0, 0.1) is 0 Å². The van der Waals surface area contributed by atoms with E-state index in [1.165, 1.54) is 22.8 Å². The van der Waals surface area contributed by atoms with Gasteiger partial charge in [0.1, 0.15) is 20.7 Å². The third kappa shape index (κ3) is 4.97. The van der Waals surface area contributed by atoms with Crippen LogP contribution >= 0.6 is 22.9 Å². The Labute approximate surface area is 221 Å². The van der Waals surface area contributed by atoms with E-state index in [2.05, 4.69) is 9.71 Å². The molecule has 0 fully saturated rings. The van der Waals surface area contributed by atoms with Crippen LogP contribution in [-0.2, 0) is 31.1 Å². The second-order valence-electron chi connectivity index (χ2n) is 8.40. The molecule has 0 spiro atoms. The fraction of sp³-hybridized carbons (Fsp3) is 0.125. The van der Waals surface area contributed by atoms with Crippen molar-refractivity contribution in [1.82, 2.24) is 4.57 Å². The van der Waals surface area contributed by atoms with E-state index < -0.39 is 37.0 Å². The highest BCUT2D eigenvalue weighted by Gasteiger charge is 2.25. The number of nitrogens with zero attached hydrogens (tertiary/aromatic N) is 2. The summed E-state index contributed by atoms with van der Waals surface area (Å²) in [5.74, 6) is -0.869. The Morgan fingerprint density at radius 1 is 1.11 bits per heavy atom. The van der Waals surface area contributed by atoms with Crippen molar-refractivity contribution in [2.24, 2.45) is 4.40 Å². The molecule has 5 rings (SSSR count). The number of halogens is 1. The van der Waals surface area contributed by atoms with E-state index in [-0.39, 0.29) is 26.7 Å². The van der Waals surface area contributed by atoms with Gasteiger partial charge in [0.2, 0.25) is 0 Å². The summed E-state index contributed by atoms with van der Waals surface area (Å²) in [6.45, 7) is 1.54. The zero-order chi connectivity index (χ0) is 26.5. The highest BCUT2D eigenvalue weighted by molar-refractivity contribution is 7.94. The Hall–Kier alpha value is -3.32. The summed E-state index contributed by atoms with van der Waals surface area (Å²) in [5, 5.41) is 3.68. The van der Waals surface area contributed by atoms with E-state index in [0.717, 1.165) is 11.3 Å². The van der Waals surface area contributed by atoms with Gasteiger partial charge in [0.25, 0.3) is 15.6 Å². The maximum atomic E-state index is 13.2. The van der Waals surface area contributed by atoms with E-state index in [4.69, 9.17) is 11.6 Å². The molecular weight excluding hydrogens is 558 g/mol. The first kappa shape index (κ1) is 25.3. The van der Waals surface area contributed by atoms with Gasteiger partial charge in [-0.1, -0.05) is 23.7 Å². The standard InChI is InChI=1S/C24H18ClN3O6S3/c1-14-26-20-11-16-8-9-28(24(30)19(16)12-21(20)37(33,34)27-14)17-4-2-15(3-5-17)10-18(29)13-36(31,32)23-7-6-22(25)35-23/h2-9,11-12H,10,13H2,1H3,(H,26,27). The average Bonchev–Trinajstić information content (AvgIpc) is 3.26. The topological polar surface area (TPSA) is 132 Å². The zero-order valence-electron chi connectivity index (χ0n) is 19.1. The molecule has 0 atom stereocenters. The molecule has 190 valence electrons. The van der Waals surface area contributed by atoms with Crippen molar-refractivity contribution in [1.29, 1.82) is 0 Å². The first-order chi connectivity index (χ1) is 17.4. The number of hydrogen-bond acceptors (Lipinski definition) is 8.